The number of para-hydroxylation sites is 1. The van der Waals surface area contributed by atoms with Crippen LogP contribution in [0.3, 0.4) is 0 Å². The Kier molecular flexibility index (Phi) is 5.03. The molecule has 0 saturated heterocycles. The number of sulfonamides is 1. The van der Waals surface area contributed by atoms with E-state index in [2.05, 4.69) is 14.9 Å². The maximum absolute atomic E-state index is 12.3. The van der Waals surface area contributed by atoms with Crippen LogP contribution in [0.25, 0.3) is 11.4 Å². The second-order valence-electron chi connectivity index (χ2n) is 4.97. The molecule has 7 nitrogen and oxygen atoms in total. The van der Waals surface area contributed by atoms with Gasteiger partial charge in [-0.25, -0.2) is 13.1 Å². The molecule has 2 aromatic carbocycles. The van der Waals surface area contributed by atoms with E-state index in [4.69, 9.17) is 20.9 Å². The van der Waals surface area contributed by atoms with E-state index in [0.29, 0.717) is 17.1 Å². The smallest absolute Gasteiger partial charge is 0.242 e. The lowest BCUT2D eigenvalue weighted by Gasteiger charge is -2.06. The molecule has 3 aromatic rings. The van der Waals surface area contributed by atoms with E-state index in [-0.39, 0.29) is 22.4 Å². The summed E-state index contributed by atoms with van der Waals surface area (Å²) in [5, 5.41) is 3.99. The third-order valence-electron chi connectivity index (χ3n) is 3.36. The highest BCUT2D eigenvalue weighted by Crippen LogP contribution is 2.27. The summed E-state index contributed by atoms with van der Waals surface area (Å²) < 4.78 is 37.3. The van der Waals surface area contributed by atoms with Crippen LogP contribution < -0.4 is 9.46 Å². The molecule has 25 heavy (non-hydrogen) atoms. The molecule has 0 atom stereocenters. The lowest BCUT2D eigenvalue weighted by atomic mass is 10.2. The van der Waals surface area contributed by atoms with Gasteiger partial charge in [-0.05, 0) is 24.3 Å². The average molecular weight is 380 g/mol. The van der Waals surface area contributed by atoms with Crippen molar-refractivity contribution in [2.45, 2.75) is 11.4 Å². The molecule has 9 heteroatoms. The molecule has 130 valence electrons. The van der Waals surface area contributed by atoms with Crippen molar-refractivity contribution >= 4 is 21.6 Å². The van der Waals surface area contributed by atoms with Crippen LogP contribution in [-0.4, -0.2) is 25.7 Å². The van der Waals surface area contributed by atoms with Crippen LogP contribution in [0.5, 0.6) is 5.75 Å². The van der Waals surface area contributed by atoms with E-state index in [0.717, 1.165) is 0 Å². The summed E-state index contributed by atoms with van der Waals surface area (Å²) in [4.78, 5) is 4.18. The molecule has 0 aliphatic rings. The van der Waals surface area contributed by atoms with Gasteiger partial charge in [0.2, 0.25) is 21.7 Å². The first-order chi connectivity index (χ1) is 12.0. The third kappa shape index (κ3) is 3.81. The first-order valence-corrected chi connectivity index (χ1v) is 9.07. The first kappa shape index (κ1) is 17.4. The SMILES string of the molecule is COc1ccccc1-c1noc(CNS(=O)(=O)c2ccccc2Cl)n1. The lowest BCUT2D eigenvalue weighted by molar-refractivity contribution is 0.375. The summed E-state index contributed by atoms with van der Waals surface area (Å²) >= 11 is 5.92. The molecule has 0 aliphatic heterocycles. The van der Waals surface area contributed by atoms with Gasteiger partial charge in [-0.3, -0.25) is 0 Å². The van der Waals surface area contributed by atoms with Crippen LogP contribution in [-0.2, 0) is 16.6 Å². The summed E-state index contributed by atoms with van der Waals surface area (Å²) in [7, 11) is -2.25. The minimum atomic E-state index is -3.79. The molecule has 0 radical (unpaired) electrons. The Bertz CT molecular complexity index is 988. The van der Waals surface area contributed by atoms with Gasteiger partial charge in [0.1, 0.15) is 10.6 Å². The average Bonchev–Trinajstić information content (AvgIpc) is 3.09. The molecular formula is C16H14ClN3O4S. The van der Waals surface area contributed by atoms with Crippen LogP contribution >= 0.6 is 11.6 Å². The van der Waals surface area contributed by atoms with Gasteiger partial charge in [0.25, 0.3) is 0 Å². The fourth-order valence-corrected chi connectivity index (χ4v) is 3.65. The molecule has 0 amide bonds. The Morgan fingerprint density at radius 1 is 1.16 bits per heavy atom. The number of nitrogens with zero attached hydrogens (tertiary/aromatic N) is 2. The van der Waals surface area contributed by atoms with Gasteiger partial charge >= 0.3 is 0 Å². The first-order valence-electron chi connectivity index (χ1n) is 7.21. The number of ether oxygens (including phenoxy) is 1. The van der Waals surface area contributed by atoms with Crippen LogP contribution in [0, 0.1) is 0 Å². The molecule has 0 aliphatic carbocycles. The van der Waals surface area contributed by atoms with E-state index in [1.807, 2.05) is 12.1 Å². The van der Waals surface area contributed by atoms with Crippen LogP contribution in [0.2, 0.25) is 5.02 Å². The predicted octanol–water partition coefficient (Wildman–Crippen LogP) is 2.88. The molecule has 0 unspecified atom stereocenters. The number of rotatable bonds is 6. The fourth-order valence-electron chi connectivity index (χ4n) is 2.16. The Morgan fingerprint density at radius 3 is 2.64 bits per heavy atom. The van der Waals surface area contributed by atoms with Gasteiger partial charge in [0.05, 0.1) is 24.2 Å². The molecule has 1 aromatic heterocycles. The van der Waals surface area contributed by atoms with Gasteiger partial charge in [0.15, 0.2) is 0 Å². The number of hydrogen-bond donors (Lipinski definition) is 1. The number of halogens is 1. The highest BCUT2D eigenvalue weighted by molar-refractivity contribution is 7.89. The zero-order valence-corrected chi connectivity index (χ0v) is 14.7. The topological polar surface area (TPSA) is 94.3 Å². The molecule has 3 rings (SSSR count). The largest absolute Gasteiger partial charge is 0.496 e. The van der Waals surface area contributed by atoms with E-state index in [1.165, 1.54) is 19.2 Å². The predicted molar refractivity (Wildman–Crippen MR) is 91.8 cm³/mol. The summed E-state index contributed by atoms with van der Waals surface area (Å²) in [6, 6.07) is 13.3. The Balaban J connectivity index is 1.77. The monoisotopic (exact) mass is 379 g/mol. The van der Waals surface area contributed by atoms with Gasteiger partial charge in [-0.2, -0.15) is 4.98 Å². The van der Waals surface area contributed by atoms with Gasteiger partial charge < -0.3 is 9.26 Å². The standard InChI is InChI=1S/C16H14ClN3O4S/c1-23-13-8-4-2-6-11(13)16-19-15(24-20-16)10-18-25(21,22)14-9-5-3-7-12(14)17/h2-9,18H,10H2,1H3. The van der Waals surface area contributed by atoms with Crippen molar-refractivity contribution in [3.05, 3.63) is 59.4 Å². The normalized spacial score (nSPS) is 11.4. The second kappa shape index (κ2) is 7.22. The summed E-state index contributed by atoms with van der Waals surface area (Å²) in [5.74, 6) is 1.02. The van der Waals surface area contributed by atoms with Gasteiger partial charge in [-0.15, -0.1) is 0 Å². The van der Waals surface area contributed by atoms with Gasteiger partial charge in [-0.1, -0.05) is 41.0 Å². The molecule has 0 saturated carbocycles. The van der Waals surface area contributed by atoms with Crippen molar-refractivity contribution in [2.24, 2.45) is 0 Å². The van der Waals surface area contributed by atoms with E-state index in [1.54, 1.807) is 24.3 Å². The minimum Gasteiger partial charge on any atom is -0.496 e. The van der Waals surface area contributed by atoms with Crippen LogP contribution in [0.1, 0.15) is 5.89 Å². The molecule has 0 fully saturated rings. The molecule has 0 bridgehead atoms. The number of benzene rings is 2. The molecule has 1 heterocycles. The number of aromatic nitrogens is 2. The summed E-state index contributed by atoms with van der Waals surface area (Å²) in [6.07, 6.45) is 0. The van der Waals surface area contributed by atoms with Crippen molar-refractivity contribution < 1.29 is 17.7 Å². The van der Waals surface area contributed by atoms with Crippen molar-refractivity contribution in [3.8, 4) is 17.1 Å². The molecular weight excluding hydrogens is 366 g/mol. The minimum absolute atomic E-state index is 0.0128. The zero-order valence-electron chi connectivity index (χ0n) is 13.1. The maximum atomic E-state index is 12.3. The highest BCUT2D eigenvalue weighted by Gasteiger charge is 2.19. The van der Waals surface area contributed by atoms with Crippen molar-refractivity contribution in [3.63, 3.8) is 0 Å². The summed E-state index contributed by atoms with van der Waals surface area (Å²) in [5.41, 5.74) is 0.647. The Hall–Kier alpha value is -2.42. The second-order valence-corrected chi connectivity index (χ2v) is 7.11. The van der Waals surface area contributed by atoms with Crippen molar-refractivity contribution in [2.75, 3.05) is 7.11 Å². The van der Waals surface area contributed by atoms with Crippen molar-refractivity contribution in [1.29, 1.82) is 0 Å². The van der Waals surface area contributed by atoms with E-state index in [9.17, 15) is 8.42 Å². The number of methoxy groups -OCH3 is 1. The van der Waals surface area contributed by atoms with E-state index < -0.39 is 10.0 Å². The van der Waals surface area contributed by atoms with Crippen LogP contribution in [0.15, 0.2) is 57.9 Å². The van der Waals surface area contributed by atoms with Gasteiger partial charge in [0, 0.05) is 0 Å². The fraction of sp³-hybridized carbons (Fsp3) is 0.125. The maximum Gasteiger partial charge on any atom is 0.242 e. The zero-order chi connectivity index (χ0) is 17.9. The Morgan fingerprint density at radius 2 is 1.88 bits per heavy atom. The van der Waals surface area contributed by atoms with Crippen LogP contribution in [0.4, 0.5) is 0 Å². The third-order valence-corrected chi connectivity index (χ3v) is 5.26. The number of hydrogen-bond acceptors (Lipinski definition) is 6. The lowest BCUT2D eigenvalue weighted by Crippen LogP contribution is -2.23. The number of nitrogens with one attached hydrogen (secondary N) is 1. The Labute approximate surface area is 149 Å². The quantitative estimate of drug-likeness (QED) is 0.707. The van der Waals surface area contributed by atoms with Crippen molar-refractivity contribution in [1.82, 2.24) is 14.9 Å². The highest BCUT2D eigenvalue weighted by atomic mass is 35.5. The molecule has 0 spiro atoms. The molecule has 1 N–H and O–H groups in total. The summed E-state index contributed by atoms with van der Waals surface area (Å²) in [6.45, 7) is -0.157. The van der Waals surface area contributed by atoms with E-state index >= 15 is 0 Å².